The molecule has 98 valence electrons. The molecule has 2 N–H and O–H groups in total. The fraction of sp³-hybridized carbons (Fsp3) is 0.455. The second kappa shape index (κ2) is 6.77. The van der Waals surface area contributed by atoms with Crippen LogP contribution in [0.2, 0.25) is 0 Å². The molecule has 7 nitrogen and oxygen atoms in total. The molecule has 0 aromatic carbocycles. The van der Waals surface area contributed by atoms with E-state index in [0.717, 1.165) is 12.1 Å². The molecule has 0 spiro atoms. The van der Waals surface area contributed by atoms with E-state index < -0.39 is 0 Å². The first-order chi connectivity index (χ1) is 8.88. The number of methoxy groups -OCH3 is 1. The van der Waals surface area contributed by atoms with Crippen molar-refractivity contribution < 1.29 is 13.6 Å². The molecule has 0 saturated carbocycles. The molecule has 0 aliphatic carbocycles. The maximum atomic E-state index is 5.39. The topological polar surface area (TPSA) is 85.4 Å². The number of hydrogen-bond donors (Lipinski definition) is 2. The number of nitrogens with zero attached hydrogens (tertiary/aromatic N) is 2. The van der Waals surface area contributed by atoms with Crippen LogP contribution in [0, 0.1) is 0 Å². The lowest BCUT2D eigenvalue weighted by Gasteiger charge is -1.99. The summed E-state index contributed by atoms with van der Waals surface area (Å²) in [6.07, 6.45) is 3.28. The molecular formula is C11H16N4O3. The molecule has 0 fully saturated rings. The first-order valence-corrected chi connectivity index (χ1v) is 5.65. The maximum absolute atomic E-state index is 5.39. The predicted octanol–water partition coefficient (Wildman–Crippen LogP) is 1.01. The van der Waals surface area contributed by atoms with Crippen LogP contribution in [0.3, 0.4) is 0 Å². The average molecular weight is 252 g/mol. The van der Waals surface area contributed by atoms with Gasteiger partial charge in [-0.15, -0.1) is 5.10 Å². The monoisotopic (exact) mass is 252 g/mol. The number of ether oxygens (including phenoxy) is 1. The first-order valence-electron chi connectivity index (χ1n) is 5.65. The van der Waals surface area contributed by atoms with Gasteiger partial charge in [-0.25, -0.2) is 0 Å². The molecule has 2 aromatic rings. The Bertz CT molecular complexity index is 441. The molecule has 0 aliphatic rings. The maximum Gasteiger partial charge on any atom is 0.315 e. The van der Waals surface area contributed by atoms with Gasteiger partial charge in [-0.2, -0.15) is 0 Å². The molecule has 2 heterocycles. The highest BCUT2D eigenvalue weighted by molar-refractivity contribution is 5.20. The van der Waals surface area contributed by atoms with Crippen molar-refractivity contribution in [3.8, 4) is 0 Å². The summed E-state index contributed by atoms with van der Waals surface area (Å²) in [7, 11) is 1.66. The predicted molar refractivity (Wildman–Crippen MR) is 63.9 cm³/mol. The van der Waals surface area contributed by atoms with Gasteiger partial charge in [0.05, 0.1) is 25.7 Å². The van der Waals surface area contributed by atoms with Gasteiger partial charge < -0.3 is 24.2 Å². The van der Waals surface area contributed by atoms with Crippen LogP contribution < -0.4 is 10.6 Å². The van der Waals surface area contributed by atoms with E-state index in [1.807, 2.05) is 6.07 Å². The van der Waals surface area contributed by atoms with Gasteiger partial charge in [0.1, 0.15) is 0 Å². The average Bonchev–Trinajstić information content (AvgIpc) is 3.03. The van der Waals surface area contributed by atoms with E-state index in [4.69, 9.17) is 13.6 Å². The zero-order valence-electron chi connectivity index (χ0n) is 10.2. The van der Waals surface area contributed by atoms with Gasteiger partial charge >= 0.3 is 6.01 Å². The minimum Gasteiger partial charge on any atom is -0.472 e. The number of hydrogen-bond acceptors (Lipinski definition) is 7. The molecule has 0 aliphatic heterocycles. The zero-order chi connectivity index (χ0) is 12.6. The van der Waals surface area contributed by atoms with Gasteiger partial charge in [0.15, 0.2) is 0 Å². The van der Waals surface area contributed by atoms with Crippen LogP contribution in [0.25, 0.3) is 0 Å². The molecule has 7 heteroatoms. The Kier molecular flexibility index (Phi) is 4.74. The lowest BCUT2D eigenvalue weighted by molar-refractivity contribution is 0.198. The minimum absolute atomic E-state index is 0.403. The standard InChI is InChI=1S/C11H16N4O3/c1-16-5-3-12-7-10-14-15-11(18-10)13-6-9-2-4-17-8-9/h2,4,8,12H,3,5-7H2,1H3,(H,13,15). The van der Waals surface area contributed by atoms with Crippen molar-refractivity contribution in [2.45, 2.75) is 13.1 Å². The third kappa shape index (κ3) is 3.86. The third-order valence-corrected chi connectivity index (χ3v) is 2.25. The van der Waals surface area contributed by atoms with Crippen LogP contribution in [0.4, 0.5) is 6.01 Å². The van der Waals surface area contributed by atoms with Gasteiger partial charge in [0, 0.05) is 25.8 Å². The van der Waals surface area contributed by atoms with Crippen LogP contribution in [0.15, 0.2) is 27.4 Å². The van der Waals surface area contributed by atoms with E-state index >= 15 is 0 Å². The highest BCUT2D eigenvalue weighted by Crippen LogP contribution is 2.08. The lowest BCUT2D eigenvalue weighted by Crippen LogP contribution is -2.18. The summed E-state index contributed by atoms with van der Waals surface area (Å²) < 4.78 is 15.3. The van der Waals surface area contributed by atoms with E-state index in [2.05, 4.69) is 20.8 Å². The van der Waals surface area contributed by atoms with Crippen molar-refractivity contribution in [1.29, 1.82) is 0 Å². The second-order valence-electron chi connectivity index (χ2n) is 3.66. The molecule has 2 rings (SSSR count). The normalized spacial score (nSPS) is 10.7. The van der Waals surface area contributed by atoms with E-state index in [-0.39, 0.29) is 0 Å². The van der Waals surface area contributed by atoms with Gasteiger partial charge in [-0.05, 0) is 6.07 Å². The van der Waals surface area contributed by atoms with Gasteiger partial charge in [-0.3, -0.25) is 0 Å². The van der Waals surface area contributed by atoms with E-state index in [9.17, 15) is 0 Å². The largest absolute Gasteiger partial charge is 0.472 e. The van der Waals surface area contributed by atoms with Crippen molar-refractivity contribution in [3.05, 3.63) is 30.0 Å². The van der Waals surface area contributed by atoms with Gasteiger partial charge in [0.2, 0.25) is 5.89 Å². The minimum atomic E-state index is 0.403. The molecule has 0 unspecified atom stereocenters. The Labute approximate surface area is 105 Å². The smallest absolute Gasteiger partial charge is 0.315 e. The van der Waals surface area contributed by atoms with Crippen LogP contribution in [-0.2, 0) is 17.8 Å². The Morgan fingerprint density at radius 3 is 3.06 bits per heavy atom. The molecule has 2 aromatic heterocycles. The van der Waals surface area contributed by atoms with Crippen LogP contribution >= 0.6 is 0 Å². The van der Waals surface area contributed by atoms with Crippen molar-refractivity contribution in [1.82, 2.24) is 15.5 Å². The highest BCUT2D eigenvalue weighted by Gasteiger charge is 2.05. The number of anilines is 1. The summed E-state index contributed by atoms with van der Waals surface area (Å²) in [6, 6.07) is 2.27. The van der Waals surface area contributed by atoms with Crippen LogP contribution in [0.1, 0.15) is 11.5 Å². The van der Waals surface area contributed by atoms with Crippen molar-refractivity contribution in [2.75, 3.05) is 25.6 Å². The molecular weight excluding hydrogens is 236 g/mol. The van der Waals surface area contributed by atoms with Gasteiger partial charge in [-0.1, -0.05) is 5.10 Å². The molecule has 18 heavy (non-hydrogen) atoms. The van der Waals surface area contributed by atoms with Crippen molar-refractivity contribution >= 4 is 6.01 Å². The summed E-state index contributed by atoms with van der Waals surface area (Å²) in [6.45, 7) is 2.52. The highest BCUT2D eigenvalue weighted by atomic mass is 16.5. The van der Waals surface area contributed by atoms with E-state index in [0.29, 0.717) is 31.6 Å². The number of furan rings is 1. The number of aromatic nitrogens is 2. The Hall–Kier alpha value is -1.86. The van der Waals surface area contributed by atoms with Gasteiger partial charge in [0.25, 0.3) is 0 Å². The summed E-state index contributed by atoms with van der Waals surface area (Å²) in [5.74, 6) is 0.542. The van der Waals surface area contributed by atoms with E-state index in [1.54, 1.807) is 19.6 Å². The van der Waals surface area contributed by atoms with E-state index in [1.165, 1.54) is 0 Å². The third-order valence-electron chi connectivity index (χ3n) is 2.25. The molecule has 0 radical (unpaired) electrons. The fourth-order valence-electron chi connectivity index (χ4n) is 1.34. The second-order valence-corrected chi connectivity index (χ2v) is 3.66. The Morgan fingerprint density at radius 2 is 2.28 bits per heavy atom. The van der Waals surface area contributed by atoms with Crippen LogP contribution in [0.5, 0.6) is 0 Å². The summed E-state index contributed by atoms with van der Waals surface area (Å²) in [5.41, 5.74) is 1.02. The first kappa shape index (κ1) is 12.6. The Balaban J connectivity index is 1.72. The molecule has 0 saturated heterocycles. The number of rotatable bonds is 8. The quantitative estimate of drug-likeness (QED) is 0.678. The summed E-state index contributed by atoms with van der Waals surface area (Å²) >= 11 is 0. The molecule has 0 bridgehead atoms. The summed E-state index contributed by atoms with van der Waals surface area (Å²) in [4.78, 5) is 0. The van der Waals surface area contributed by atoms with Crippen molar-refractivity contribution in [2.24, 2.45) is 0 Å². The van der Waals surface area contributed by atoms with Crippen LogP contribution in [-0.4, -0.2) is 30.5 Å². The lowest BCUT2D eigenvalue weighted by atomic mass is 10.3. The molecule has 0 atom stereocenters. The number of nitrogens with one attached hydrogen (secondary N) is 2. The molecule has 0 amide bonds. The SMILES string of the molecule is COCCNCc1nnc(NCc2ccoc2)o1. The zero-order valence-corrected chi connectivity index (χ0v) is 10.2. The Morgan fingerprint density at radius 1 is 1.33 bits per heavy atom. The summed E-state index contributed by atoms with van der Waals surface area (Å²) in [5, 5.41) is 13.9. The fourth-order valence-corrected chi connectivity index (χ4v) is 1.34. The van der Waals surface area contributed by atoms with Crippen molar-refractivity contribution in [3.63, 3.8) is 0 Å².